The number of halogens is 3. The Morgan fingerprint density at radius 1 is 1.50 bits per heavy atom. The number of alkyl halides is 3. The van der Waals surface area contributed by atoms with Crippen LogP contribution in [0.5, 0.6) is 0 Å². The third-order valence-electron chi connectivity index (χ3n) is 1.80. The molecule has 0 spiro atoms. The zero-order valence-corrected chi connectivity index (χ0v) is 7.97. The molecule has 0 aliphatic heterocycles. The van der Waals surface area contributed by atoms with Crippen LogP contribution in [0.3, 0.4) is 0 Å². The molecule has 2 N–H and O–H groups in total. The van der Waals surface area contributed by atoms with Gasteiger partial charge in [-0.1, -0.05) is 0 Å². The number of rotatable bonds is 2. The van der Waals surface area contributed by atoms with Gasteiger partial charge in [0.25, 0.3) is 0 Å². The Hall–Kier alpha value is -1.04. The van der Waals surface area contributed by atoms with E-state index in [1.807, 2.05) is 0 Å². The van der Waals surface area contributed by atoms with E-state index >= 15 is 0 Å². The van der Waals surface area contributed by atoms with Gasteiger partial charge in [-0.05, 0) is 19.9 Å². The lowest BCUT2D eigenvalue weighted by atomic mass is 10.3. The fraction of sp³-hybridized carbons (Fsp3) is 0.625. The van der Waals surface area contributed by atoms with Crippen molar-refractivity contribution < 1.29 is 13.2 Å². The third-order valence-corrected chi connectivity index (χ3v) is 1.80. The van der Waals surface area contributed by atoms with Gasteiger partial charge in [-0.15, -0.1) is 0 Å². The van der Waals surface area contributed by atoms with Crippen LogP contribution in [0.1, 0.15) is 31.3 Å². The minimum Gasteiger partial charge on any atom is -0.325 e. The molecular weight excluding hydrogens is 195 g/mol. The van der Waals surface area contributed by atoms with Gasteiger partial charge >= 0.3 is 6.18 Å². The molecule has 1 aromatic heterocycles. The maximum absolute atomic E-state index is 12.3. The summed E-state index contributed by atoms with van der Waals surface area (Å²) >= 11 is 0. The van der Waals surface area contributed by atoms with Crippen LogP contribution in [0.15, 0.2) is 6.07 Å². The lowest BCUT2D eigenvalue weighted by Crippen LogP contribution is -2.12. The third kappa shape index (κ3) is 2.06. The molecule has 0 saturated carbocycles. The van der Waals surface area contributed by atoms with Crippen molar-refractivity contribution in [1.82, 2.24) is 9.78 Å². The Kier molecular flexibility index (Phi) is 2.84. The van der Waals surface area contributed by atoms with Crippen molar-refractivity contribution in [2.24, 2.45) is 5.73 Å². The Balaban J connectivity index is 3.13. The van der Waals surface area contributed by atoms with Crippen LogP contribution in [-0.4, -0.2) is 9.78 Å². The Labute approximate surface area is 79.7 Å². The number of hydrogen-bond acceptors (Lipinski definition) is 2. The Morgan fingerprint density at radius 3 is 2.36 bits per heavy atom. The van der Waals surface area contributed by atoms with Gasteiger partial charge in [-0.25, -0.2) is 0 Å². The first-order valence-corrected chi connectivity index (χ1v) is 4.22. The normalized spacial score (nSPS) is 12.5. The van der Waals surface area contributed by atoms with E-state index in [-0.39, 0.29) is 12.6 Å². The fourth-order valence-electron chi connectivity index (χ4n) is 1.17. The van der Waals surface area contributed by atoms with Crippen LogP contribution in [0.25, 0.3) is 0 Å². The molecule has 0 aromatic carbocycles. The molecule has 0 unspecified atom stereocenters. The van der Waals surface area contributed by atoms with Crippen molar-refractivity contribution in [1.29, 1.82) is 0 Å². The van der Waals surface area contributed by atoms with Crippen molar-refractivity contribution in [3.8, 4) is 0 Å². The summed E-state index contributed by atoms with van der Waals surface area (Å²) in [7, 11) is 0. The summed E-state index contributed by atoms with van der Waals surface area (Å²) in [5, 5.41) is 3.46. The second-order valence-corrected chi connectivity index (χ2v) is 3.26. The van der Waals surface area contributed by atoms with Crippen molar-refractivity contribution in [2.45, 2.75) is 32.6 Å². The van der Waals surface area contributed by atoms with Gasteiger partial charge in [0.05, 0.1) is 5.69 Å². The van der Waals surface area contributed by atoms with Crippen molar-refractivity contribution in [3.63, 3.8) is 0 Å². The second-order valence-electron chi connectivity index (χ2n) is 3.26. The first-order valence-electron chi connectivity index (χ1n) is 4.22. The van der Waals surface area contributed by atoms with Crippen LogP contribution in [0.2, 0.25) is 0 Å². The van der Waals surface area contributed by atoms with Gasteiger partial charge in [-0.2, -0.15) is 18.3 Å². The summed E-state index contributed by atoms with van der Waals surface area (Å²) in [6.45, 7) is 3.57. The van der Waals surface area contributed by atoms with Gasteiger partial charge in [0.15, 0.2) is 5.69 Å². The molecular formula is C8H12F3N3. The Morgan fingerprint density at radius 2 is 2.07 bits per heavy atom. The highest BCUT2D eigenvalue weighted by Gasteiger charge is 2.34. The topological polar surface area (TPSA) is 43.8 Å². The standard InChI is InChI=1S/C8H12F3N3/c1-5(2)14-6(4-12)3-7(13-14)8(9,10)11/h3,5H,4,12H2,1-2H3. The number of nitrogens with zero attached hydrogens (tertiary/aromatic N) is 2. The van der Waals surface area contributed by atoms with E-state index in [1.54, 1.807) is 13.8 Å². The quantitative estimate of drug-likeness (QED) is 0.805. The van der Waals surface area contributed by atoms with Gasteiger partial charge < -0.3 is 5.73 Å². The molecule has 0 radical (unpaired) electrons. The summed E-state index contributed by atoms with van der Waals surface area (Å²) in [6.07, 6.45) is -4.40. The van der Waals surface area contributed by atoms with Crippen molar-refractivity contribution >= 4 is 0 Å². The van der Waals surface area contributed by atoms with Gasteiger partial charge in [-0.3, -0.25) is 4.68 Å². The van der Waals surface area contributed by atoms with E-state index in [0.717, 1.165) is 6.07 Å². The summed E-state index contributed by atoms with van der Waals surface area (Å²) < 4.78 is 38.1. The van der Waals surface area contributed by atoms with Crippen LogP contribution >= 0.6 is 0 Å². The van der Waals surface area contributed by atoms with E-state index in [0.29, 0.717) is 5.69 Å². The maximum Gasteiger partial charge on any atom is 0.435 e. The Bertz CT molecular complexity index is 314. The van der Waals surface area contributed by atoms with Crippen molar-refractivity contribution in [3.05, 3.63) is 17.5 Å². The molecule has 0 saturated heterocycles. The van der Waals surface area contributed by atoms with E-state index in [1.165, 1.54) is 4.68 Å². The number of aromatic nitrogens is 2. The summed E-state index contributed by atoms with van der Waals surface area (Å²) in [4.78, 5) is 0. The molecule has 0 aliphatic rings. The largest absolute Gasteiger partial charge is 0.435 e. The molecule has 0 atom stereocenters. The molecule has 1 aromatic rings. The van der Waals surface area contributed by atoms with E-state index in [2.05, 4.69) is 5.10 Å². The van der Waals surface area contributed by atoms with Crippen LogP contribution in [0, 0.1) is 0 Å². The molecule has 14 heavy (non-hydrogen) atoms. The molecule has 0 amide bonds. The van der Waals surface area contributed by atoms with Gasteiger partial charge in [0, 0.05) is 12.6 Å². The zero-order valence-electron chi connectivity index (χ0n) is 7.97. The smallest absolute Gasteiger partial charge is 0.325 e. The molecule has 0 fully saturated rings. The summed E-state index contributed by atoms with van der Waals surface area (Å²) in [5.41, 5.74) is 4.83. The van der Waals surface area contributed by atoms with Crippen LogP contribution in [0.4, 0.5) is 13.2 Å². The highest BCUT2D eigenvalue weighted by molar-refractivity contribution is 5.13. The molecule has 0 bridgehead atoms. The molecule has 80 valence electrons. The summed E-state index contributed by atoms with van der Waals surface area (Å²) in [6, 6.07) is 0.865. The second kappa shape index (κ2) is 3.61. The van der Waals surface area contributed by atoms with Gasteiger partial charge in [0.1, 0.15) is 0 Å². The van der Waals surface area contributed by atoms with Gasteiger partial charge in [0.2, 0.25) is 0 Å². The molecule has 1 rings (SSSR count). The molecule has 0 aliphatic carbocycles. The average molecular weight is 207 g/mol. The van der Waals surface area contributed by atoms with Crippen LogP contribution < -0.4 is 5.73 Å². The van der Waals surface area contributed by atoms with E-state index < -0.39 is 11.9 Å². The predicted octanol–water partition coefficient (Wildman–Crippen LogP) is 1.94. The fourth-order valence-corrected chi connectivity index (χ4v) is 1.17. The predicted molar refractivity (Wildman–Crippen MR) is 45.5 cm³/mol. The van der Waals surface area contributed by atoms with E-state index in [9.17, 15) is 13.2 Å². The van der Waals surface area contributed by atoms with Crippen molar-refractivity contribution in [2.75, 3.05) is 0 Å². The highest BCUT2D eigenvalue weighted by atomic mass is 19.4. The lowest BCUT2D eigenvalue weighted by Gasteiger charge is -2.08. The van der Waals surface area contributed by atoms with Crippen LogP contribution in [-0.2, 0) is 12.7 Å². The first-order chi connectivity index (χ1) is 6.36. The maximum atomic E-state index is 12.3. The van der Waals surface area contributed by atoms with E-state index in [4.69, 9.17) is 5.73 Å². The lowest BCUT2D eigenvalue weighted by molar-refractivity contribution is -0.141. The SMILES string of the molecule is CC(C)n1nc(C(F)(F)F)cc1CN. The monoisotopic (exact) mass is 207 g/mol. The minimum atomic E-state index is -4.40. The molecule has 3 nitrogen and oxygen atoms in total. The molecule has 6 heteroatoms. The molecule has 1 heterocycles. The zero-order chi connectivity index (χ0) is 10.9. The number of hydrogen-bond donors (Lipinski definition) is 1. The highest BCUT2D eigenvalue weighted by Crippen LogP contribution is 2.29. The average Bonchev–Trinajstić information content (AvgIpc) is 2.45. The minimum absolute atomic E-state index is 0.0568. The summed E-state index contributed by atoms with van der Waals surface area (Å²) in [5.74, 6) is 0. The number of nitrogens with two attached hydrogens (primary N) is 1. The first kappa shape index (κ1) is 11.0.